The number of aromatic hydroxyl groups is 1. The smallest absolute Gasteiger partial charge is 0.246 e. The van der Waals surface area contributed by atoms with Gasteiger partial charge < -0.3 is 14.7 Å². The average Bonchev–Trinajstić information content (AvgIpc) is 2.80. The number of phenols is 1. The van der Waals surface area contributed by atoms with Gasteiger partial charge in [-0.2, -0.15) is 15.3 Å². The van der Waals surface area contributed by atoms with Gasteiger partial charge in [-0.3, -0.25) is 0 Å². The van der Waals surface area contributed by atoms with Crippen LogP contribution < -0.4 is 10.3 Å². The molecule has 0 radical (unpaired) electrons. The minimum absolute atomic E-state index is 0.151. The Morgan fingerprint density at radius 1 is 1.16 bits per heavy atom. The number of morpholine rings is 1. The third-order valence-corrected chi connectivity index (χ3v) is 4.93. The zero-order chi connectivity index (χ0) is 21.6. The molecule has 0 saturated carbocycles. The molecule has 8 nitrogen and oxygen atoms in total. The van der Waals surface area contributed by atoms with Gasteiger partial charge in [0.05, 0.1) is 25.1 Å². The monoisotopic (exact) mass is 434 g/mol. The molecule has 0 atom stereocenters. The first kappa shape index (κ1) is 20.6. The van der Waals surface area contributed by atoms with Crippen molar-refractivity contribution in [2.75, 3.05) is 36.6 Å². The fourth-order valence-corrected chi connectivity index (χ4v) is 3.32. The highest BCUT2D eigenvalue weighted by Gasteiger charge is 2.22. The molecule has 3 aromatic rings. The van der Waals surface area contributed by atoms with E-state index in [0.29, 0.717) is 54.0 Å². The van der Waals surface area contributed by atoms with Crippen LogP contribution in [0.2, 0.25) is 5.02 Å². The summed E-state index contributed by atoms with van der Waals surface area (Å²) in [4.78, 5) is 11.1. The maximum absolute atomic E-state index is 9.90. The van der Waals surface area contributed by atoms with Gasteiger partial charge in [0.15, 0.2) is 5.82 Å². The summed E-state index contributed by atoms with van der Waals surface area (Å²) in [5.74, 6) is 0.931. The van der Waals surface area contributed by atoms with Crippen LogP contribution in [0.3, 0.4) is 0 Å². The third kappa shape index (κ3) is 4.91. The van der Waals surface area contributed by atoms with Crippen molar-refractivity contribution in [2.24, 2.45) is 5.10 Å². The number of aromatic nitrogens is 2. The molecule has 2 heterocycles. The number of hydrogen-bond donors (Lipinski definition) is 2. The number of hydrogen-bond acceptors (Lipinski definition) is 8. The quantitative estimate of drug-likeness (QED) is 0.466. The summed E-state index contributed by atoms with van der Waals surface area (Å²) in [5.41, 5.74) is 5.17. The number of phenolic OH excluding ortho intramolecular Hbond substituents is 1. The molecule has 156 valence electrons. The van der Waals surface area contributed by atoms with Crippen LogP contribution in [0.5, 0.6) is 5.75 Å². The summed E-state index contributed by atoms with van der Waals surface area (Å²) in [5, 5.41) is 24.3. The van der Waals surface area contributed by atoms with Crippen LogP contribution in [-0.2, 0) is 4.74 Å². The normalized spacial score (nSPS) is 13.9. The van der Waals surface area contributed by atoms with Crippen LogP contribution >= 0.6 is 11.6 Å². The van der Waals surface area contributed by atoms with Crippen LogP contribution in [-0.4, -0.2) is 47.6 Å². The van der Waals surface area contributed by atoms with Gasteiger partial charge >= 0.3 is 0 Å². The Labute approximate surface area is 184 Å². The van der Waals surface area contributed by atoms with E-state index in [4.69, 9.17) is 16.3 Å². The van der Waals surface area contributed by atoms with Gasteiger partial charge in [0.1, 0.15) is 17.4 Å². The molecule has 4 rings (SSSR count). The molecule has 1 fully saturated rings. The van der Waals surface area contributed by atoms with E-state index in [2.05, 4.69) is 26.6 Å². The highest BCUT2D eigenvalue weighted by atomic mass is 35.5. The molecule has 0 aliphatic carbocycles. The van der Waals surface area contributed by atoms with E-state index in [9.17, 15) is 10.4 Å². The summed E-state index contributed by atoms with van der Waals surface area (Å²) >= 11 is 6.03. The first-order valence-electron chi connectivity index (χ1n) is 9.63. The molecule has 1 aromatic heterocycles. The lowest BCUT2D eigenvalue weighted by atomic mass is 10.1. The van der Waals surface area contributed by atoms with Crippen molar-refractivity contribution in [3.63, 3.8) is 0 Å². The highest BCUT2D eigenvalue weighted by molar-refractivity contribution is 6.30. The fraction of sp³-hybridized carbons (Fsp3) is 0.182. The maximum Gasteiger partial charge on any atom is 0.246 e. The van der Waals surface area contributed by atoms with Gasteiger partial charge in [0.25, 0.3) is 0 Å². The Hall–Kier alpha value is -3.67. The summed E-state index contributed by atoms with van der Waals surface area (Å²) in [6.45, 7) is 2.36. The second kappa shape index (κ2) is 9.43. The summed E-state index contributed by atoms with van der Waals surface area (Å²) < 4.78 is 5.43. The van der Waals surface area contributed by atoms with E-state index >= 15 is 0 Å². The van der Waals surface area contributed by atoms with Crippen LogP contribution in [0, 0.1) is 11.3 Å². The number of nitrogens with zero attached hydrogens (tertiary/aromatic N) is 5. The standard InChI is InChI=1S/C22H19ClN6O2/c23-17-6-4-16(5-7-17)20-19(13-24)21(29-8-10-31-11-9-29)27-22(26-20)28-25-14-15-2-1-3-18(30)12-15/h1-7,12,14,30H,8-11H2,(H,26,27,28)/b25-14+. The molecular formula is C22H19ClN6O2. The second-order valence-electron chi connectivity index (χ2n) is 6.78. The topological polar surface area (TPSA) is 107 Å². The zero-order valence-electron chi connectivity index (χ0n) is 16.5. The van der Waals surface area contributed by atoms with Gasteiger partial charge in [-0.1, -0.05) is 35.9 Å². The molecule has 0 unspecified atom stereocenters. The van der Waals surface area contributed by atoms with E-state index in [1.807, 2.05) is 23.1 Å². The second-order valence-corrected chi connectivity index (χ2v) is 7.21. The van der Waals surface area contributed by atoms with Crippen molar-refractivity contribution < 1.29 is 9.84 Å². The molecule has 9 heteroatoms. The van der Waals surface area contributed by atoms with Crippen molar-refractivity contribution >= 4 is 29.6 Å². The first-order valence-corrected chi connectivity index (χ1v) is 10.0. The molecular weight excluding hydrogens is 416 g/mol. The molecule has 1 saturated heterocycles. The number of ether oxygens (including phenoxy) is 1. The third-order valence-electron chi connectivity index (χ3n) is 4.68. The lowest BCUT2D eigenvalue weighted by Gasteiger charge is -2.29. The van der Waals surface area contributed by atoms with E-state index in [0.717, 1.165) is 5.56 Å². The van der Waals surface area contributed by atoms with E-state index in [-0.39, 0.29) is 11.7 Å². The SMILES string of the molecule is N#Cc1c(-c2ccc(Cl)cc2)nc(N/N=C/c2cccc(O)c2)nc1N1CCOCC1. The van der Waals surface area contributed by atoms with Crippen molar-refractivity contribution in [3.05, 3.63) is 64.7 Å². The van der Waals surface area contributed by atoms with Gasteiger partial charge in [-0.05, 0) is 29.8 Å². The molecule has 0 amide bonds. The molecule has 0 bridgehead atoms. The van der Waals surface area contributed by atoms with Gasteiger partial charge in [0.2, 0.25) is 5.95 Å². The van der Waals surface area contributed by atoms with Crippen LogP contribution in [0.15, 0.2) is 53.6 Å². The van der Waals surface area contributed by atoms with Gasteiger partial charge in [0, 0.05) is 23.7 Å². The number of hydrazone groups is 1. The Morgan fingerprint density at radius 3 is 2.65 bits per heavy atom. The van der Waals surface area contributed by atoms with Crippen molar-refractivity contribution in [2.45, 2.75) is 0 Å². The number of rotatable bonds is 5. The molecule has 2 aromatic carbocycles. The number of nitriles is 1. The maximum atomic E-state index is 9.90. The Morgan fingerprint density at radius 2 is 1.94 bits per heavy atom. The predicted molar refractivity (Wildman–Crippen MR) is 120 cm³/mol. The van der Waals surface area contributed by atoms with Gasteiger partial charge in [-0.25, -0.2) is 10.4 Å². The van der Waals surface area contributed by atoms with Crippen molar-refractivity contribution in [1.82, 2.24) is 9.97 Å². The first-order chi connectivity index (χ1) is 15.1. The zero-order valence-corrected chi connectivity index (χ0v) is 17.3. The predicted octanol–water partition coefficient (Wildman–Crippen LogP) is 3.66. The number of benzene rings is 2. The van der Waals surface area contributed by atoms with E-state index in [1.54, 1.807) is 36.5 Å². The van der Waals surface area contributed by atoms with Crippen LogP contribution in [0.4, 0.5) is 11.8 Å². The summed E-state index contributed by atoms with van der Waals surface area (Å²) in [6, 6.07) is 16.1. The Bertz CT molecular complexity index is 1140. The lowest BCUT2D eigenvalue weighted by Crippen LogP contribution is -2.37. The van der Waals surface area contributed by atoms with Crippen molar-refractivity contribution in [1.29, 1.82) is 5.26 Å². The van der Waals surface area contributed by atoms with Crippen molar-refractivity contribution in [3.8, 4) is 23.1 Å². The average molecular weight is 435 g/mol. The highest BCUT2D eigenvalue weighted by Crippen LogP contribution is 2.30. The minimum atomic E-state index is 0.151. The molecule has 1 aliphatic rings. The molecule has 31 heavy (non-hydrogen) atoms. The lowest BCUT2D eigenvalue weighted by molar-refractivity contribution is 0.122. The molecule has 0 spiro atoms. The van der Waals surface area contributed by atoms with Crippen LogP contribution in [0.25, 0.3) is 11.3 Å². The molecule has 2 N–H and O–H groups in total. The summed E-state index contributed by atoms with van der Waals surface area (Å²) in [7, 11) is 0. The number of nitrogens with one attached hydrogen (secondary N) is 1. The number of anilines is 2. The van der Waals surface area contributed by atoms with Crippen LogP contribution in [0.1, 0.15) is 11.1 Å². The minimum Gasteiger partial charge on any atom is -0.508 e. The fourth-order valence-electron chi connectivity index (χ4n) is 3.19. The molecule has 1 aliphatic heterocycles. The van der Waals surface area contributed by atoms with Gasteiger partial charge in [-0.15, -0.1) is 0 Å². The Balaban J connectivity index is 1.72. The Kier molecular flexibility index (Phi) is 6.26. The largest absolute Gasteiger partial charge is 0.508 e. The summed E-state index contributed by atoms with van der Waals surface area (Å²) in [6.07, 6.45) is 1.55. The number of halogens is 1. The van der Waals surface area contributed by atoms with E-state index < -0.39 is 0 Å². The van der Waals surface area contributed by atoms with E-state index in [1.165, 1.54) is 0 Å².